The van der Waals surface area contributed by atoms with Crippen molar-refractivity contribution in [3.8, 4) is 0 Å². The van der Waals surface area contributed by atoms with Gasteiger partial charge in [-0.15, -0.1) is 0 Å². The number of imide groups is 1. The fourth-order valence-electron chi connectivity index (χ4n) is 2.90. The summed E-state index contributed by atoms with van der Waals surface area (Å²) in [5.41, 5.74) is 7.56. The van der Waals surface area contributed by atoms with Crippen LogP contribution in [0.3, 0.4) is 0 Å². The van der Waals surface area contributed by atoms with E-state index in [1.807, 2.05) is 0 Å². The van der Waals surface area contributed by atoms with Crippen LogP contribution in [-0.4, -0.2) is 36.5 Å². The van der Waals surface area contributed by atoms with Gasteiger partial charge in [-0.2, -0.15) is 0 Å². The van der Waals surface area contributed by atoms with Gasteiger partial charge >= 0.3 is 6.03 Å². The van der Waals surface area contributed by atoms with Gasteiger partial charge in [0.2, 0.25) is 5.91 Å². The summed E-state index contributed by atoms with van der Waals surface area (Å²) in [4.78, 5) is 24.3. The highest BCUT2D eigenvalue weighted by Crippen LogP contribution is 2.20. The number of piperidine rings is 1. The highest BCUT2D eigenvalue weighted by molar-refractivity contribution is 5.94. The van der Waals surface area contributed by atoms with E-state index in [4.69, 9.17) is 5.73 Å². The van der Waals surface area contributed by atoms with Gasteiger partial charge in [-0.1, -0.05) is 29.8 Å². The highest BCUT2D eigenvalue weighted by Gasteiger charge is 2.22. The first-order chi connectivity index (χ1) is 10.0. The normalized spacial score (nSPS) is 19.2. The lowest BCUT2D eigenvalue weighted by atomic mass is 9.91. The van der Waals surface area contributed by atoms with Crippen molar-refractivity contribution >= 4 is 11.9 Å². The van der Waals surface area contributed by atoms with E-state index in [0.717, 1.165) is 25.9 Å². The topological polar surface area (TPSA) is 75.4 Å². The Morgan fingerprint density at radius 2 is 2.05 bits per heavy atom. The number of hydrogen-bond acceptors (Lipinski definition) is 3. The lowest BCUT2D eigenvalue weighted by Gasteiger charge is -2.32. The van der Waals surface area contributed by atoms with E-state index in [9.17, 15) is 9.59 Å². The molecule has 0 saturated carbocycles. The number of primary amides is 1. The van der Waals surface area contributed by atoms with Crippen LogP contribution in [0.2, 0.25) is 0 Å². The van der Waals surface area contributed by atoms with Gasteiger partial charge in [-0.3, -0.25) is 15.0 Å². The van der Waals surface area contributed by atoms with Crippen molar-refractivity contribution in [1.29, 1.82) is 0 Å². The van der Waals surface area contributed by atoms with Gasteiger partial charge < -0.3 is 5.73 Å². The zero-order chi connectivity index (χ0) is 15.2. The van der Waals surface area contributed by atoms with Gasteiger partial charge in [0, 0.05) is 6.54 Å². The van der Waals surface area contributed by atoms with E-state index in [-0.39, 0.29) is 12.5 Å². The maximum absolute atomic E-state index is 11.6. The molecule has 0 aliphatic carbocycles. The quantitative estimate of drug-likeness (QED) is 0.880. The summed E-state index contributed by atoms with van der Waals surface area (Å²) in [6.45, 7) is 4.12. The van der Waals surface area contributed by atoms with Gasteiger partial charge in [0.15, 0.2) is 0 Å². The molecule has 1 heterocycles. The van der Waals surface area contributed by atoms with Crippen LogP contribution in [-0.2, 0) is 11.2 Å². The van der Waals surface area contributed by atoms with Crippen LogP contribution in [0.1, 0.15) is 24.0 Å². The summed E-state index contributed by atoms with van der Waals surface area (Å²) in [6, 6.07) is 7.84. The molecule has 1 fully saturated rings. The fourth-order valence-corrected chi connectivity index (χ4v) is 2.90. The van der Waals surface area contributed by atoms with Crippen LogP contribution < -0.4 is 11.1 Å². The van der Waals surface area contributed by atoms with Gasteiger partial charge in [0.25, 0.3) is 0 Å². The first kappa shape index (κ1) is 15.5. The molecule has 3 N–H and O–H groups in total. The molecule has 1 atom stereocenters. The van der Waals surface area contributed by atoms with Crippen molar-refractivity contribution in [2.24, 2.45) is 11.7 Å². The van der Waals surface area contributed by atoms with Crippen molar-refractivity contribution in [3.63, 3.8) is 0 Å². The molecular formula is C16H23N3O2. The SMILES string of the molecule is Cc1ccc(C[C@H]2CCCN(CC(=O)NC(N)=O)C2)cc1. The lowest BCUT2D eigenvalue weighted by molar-refractivity contribution is -0.121. The highest BCUT2D eigenvalue weighted by atomic mass is 16.2. The fraction of sp³-hybridized carbons (Fsp3) is 0.500. The number of carbonyl (C=O) groups excluding carboxylic acids is 2. The molecule has 0 spiro atoms. The molecule has 21 heavy (non-hydrogen) atoms. The molecule has 1 aliphatic rings. The van der Waals surface area contributed by atoms with Gasteiger partial charge in [0.05, 0.1) is 6.54 Å². The van der Waals surface area contributed by atoms with Crippen LogP contribution in [0.5, 0.6) is 0 Å². The number of carbonyl (C=O) groups is 2. The molecule has 1 aromatic rings. The summed E-state index contributed by atoms with van der Waals surface area (Å²) >= 11 is 0. The van der Waals surface area contributed by atoms with E-state index < -0.39 is 6.03 Å². The average molecular weight is 289 g/mol. The van der Waals surface area contributed by atoms with Crippen LogP contribution in [0, 0.1) is 12.8 Å². The van der Waals surface area contributed by atoms with Crippen molar-refractivity contribution < 1.29 is 9.59 Å². The summed E-state index contributed by atoms with van der Waals surface area (Å²) < 4.78 is 0. The minimum absolute atomic E-state index is 0.243. The Bertz CT molecular complexity index is 499. The monoisotopic (exact) mass is 289 g/mol. The molecule has 2 rings (SSSR count). The molecule has 0 bridgehead atoms. The number of nitrogens with one attached hydrogen (secondary N) is 1. The number of amides is 3. The van der Waals surface area contributed by atoms with Crippen molar-refractivity contribution in [2.75, 3.05) is 19.6 Å². The van der Waals surface area contributed by atoms with Crippen LogP contribution >= 0.6 is 0 Å². The number of hydrogen-bond donors (Lipinski definition) is 2. The van der Waals surface area contributed by atoms with E-state index in [1.165, 1.54) is 17.5 Å². The third kappa shape index (κ3) is 5.19. The number of nitrogens with zero attached hydrogens (tertiary/aromatic N) is 1. The third-order valence-electron chi connectivity index (χ3n) is 3.88. The van der Waals surface area contributed by atoms with Crippen LogP contribution in [0.25, 0.3) is 0 Å². The molecular weight excluding hydrogens is 266 g/mol. The van der Waals surface area contributed by atoms with Crippen molar-refractivity contribution in [2.45, 2.75) is 26.2 Å². The third-order valence-corrected chi connectivity index (χ3v) is 3.88. The Labute approximate surface area is 125 Å². The Hall–Kier alpha value is -1.88. The second-order valence-electron chi connectivity index (χ2n) is 5.85. The summed E-state index contributed by atoms with van der Waals surface area (Å²) in [5.74, 6) is 0.237. The summed E-state index contributed by atoms with van der Waals surface area (Å²) in [6.07, 6.45) is 3.30. The molecule has 3 amide bonds. The molecule has 5 nitrogen and oxygen atoms in total. The molecule has 0 aromatic heterocycles. The smallest absolute Gasteiger partial charge is 0.318 e. The number of rotatable bonds is 4. The maximum atomic E-state index is 11.6. The van der Waals surface area contributed by atoms with Gasteiger partial charge in [0.1, 0.15) is 0 Å². The molecule has 0 unspecified atom stereocenters. The molecule has 1 aromatic carbocycles. The maximum Gasteiger partial charge on any atom is 0.318 e. The zero-order valence-corrected chi connectivity index (χ0v) is 12.5. The number of likely N-dealkylation sites (tertiary alicyclic amines) is 1. The molecule has 1 saturated heterocycles. The first-order valence-corrected chi connectivity index (χ1v) is 7.40. The minimum Gasteiger partial charge on any atom is -0.351 e. The Morgan fingerprint density at radius 1 is 1.33 bits per heavy atom. The predicted molar refractivity (Wildman–Crippen MR) is 81.8 cm³/mol. The van der Waals surface area contributed by atoms with Gasteiger partial charge in [-0.05, 0) is 44.2 Å². The Balaban J connectivity index is 1.84. The second kappa shape index (κ2) is 7.22. The minimum atomic E-state index is -0.784. The van der Waals surface area contributed by atoms with E-state index in [2.05, 4.69) is 41.4 Å². The predicted octanol–water partition coefficient (Wildman–Crippen LogP) is 1.44. The van der Waals surface area contributed by atoms with Crippen LogP contribution in [0.4, 0.5) is 4.79 Å². The Morgan fingerprint density at radius 3 is 2.71 bits per heavy atom. The second-order valence-corrected chi connectivity index (χ2v) is 5.85. The number of nitrogens with two attached hydrogens (primary N) is 1. The summed E-state index contributed by atoms with van der Waals surface area (Å²) in [5, 5.41) is 2.12. The first-order valence-electron chi connectivity index (χ1n) is 7.40. The molecule has 114 valence electrons. The summed E-state index contributed by atoms with van der Waals surface area (Å²) in [7, 11) is 0. The standard InChI is InChI=1S/C16H23N3O2/c1-12-4-6-13(7-5-12)9-14-3-2-8-19(10-14)11-15(20)18-16(17)21/h4-7,14H,2-3,8-11H2,1H3,(H3,17,18,20,21)/t14-/m1/s1. The largest absolute Gasteiger partial charge is 0.351 e. The van der Waals surface area contributed by atoms with E-state index >= 15 is 0 Å². The molecule has 1 aliphatic heterocycles. The van der Waals surface area contributed by atoms with Crippen LogP contribution in [0.15, 0.2) is 24.3 Å². The van der Waals surface area contributed by atoms with E-state index in [1.54, 1.807) is 0 Å². The number of benzene rings is 1. The zero-order valence-electron chi connectivity index (χ0n) is 12.5. The van der Waals surface area contributed by atoms with Crippen molar-refractivity contribution in [1.82, 2.24) is 10.2 Å². The average Bonchev–Trinajstić information content (AvgIpc) is 2.41. The number of urea groups is 1. The lowest BCUT2D eigenvalue weighted by Crippen LogP contribution is -2.45. The number of aryl methyl sites for hydroxylation is 1. The Kier molecular flexibility index (Phi) is 5.33. The van der Waals surface area contributed by atoms with E-state index in [0.29, 0.717) is 5.92 Å². The van der Waals surface area contributed by atoms with Gasteiger partial charge in [-0.25, -0.2) is 4.79 Å². The molecule has 0 radical (unpaired) electrons. The molecule has 5 heteroatoms. The van der Waals surface area contributed by atoms with Crippen molar-refractivity contribution in [3.05, 3.63) is 35.4 Å².